The molecule has 0 aliphatic rings. The van der Waals surface area contributed by atoms with Gasteiger partial charge in [-0.1, -0.05) is 36.4 Å². The maximum absolute atomic E-state index is 11.8. The largest absolute Gasteiger partial charge is 0.475 e. The van der Waals surface area contributed by atoms with Crippen molar-refractivity contribution in [3.63, 3.8) is 0 Å². The normalized spacial score (nSPS) is 10.6. The fourth-order valence-corrected chi connectivity index (χ4v) is 2.13. The van der Waals surface area contributed by atoms with Crippen molar-refractivity contribution in [2.24, 2.45) is 0 Å². The van der Waals surface area contributed by atoms with Crippen LogP contribution in [0, 0.1) is 0 Å². The minimum atomic E-state index is -1.29. The molecule has 1 N–H and O–H groups in total. The number of nitrogens with zero attached hydrogens (tertiary/aromatic N) is 1. The Bertz CT molecular complexity index is 853. The predicted octanol–water partition coefficient (Wildman–Crippen LogP) is 2.55. The van der Waals surface area contributed by atoms with Gasteiger partial charge in [0.05, 0.1) is 0 Å². The van der Waals surface area contributed by atoms with Gasteiger partial charge in [0.2, 0.25) is 5.76 Å². The number of aromatic carboxylic acids is 1. The number of aromatic nitrogens is 1. The van der Waals surface area contributed by atoms with E-state index in [4.69, 9.17) is 4.42 Å². The molecule has 0 spiro atoms. The molecule has 0 saturated heterocycles. The highest BCUT2D eigenvalue weighted by molar-refractivity contribution is 6.03. The molecule has 2 heterocycles. The van der Waals surface area contributed by atoms with Crippen LogP contribution >= 0.6 is 0 Å². The van der Waals surface area contributed by atoms with Crippen molar-refractivity contribution in [2.45, 2.75) is 0 Å². The standard InChI is InChI=1S/C15H9NO4/c17-14(18)13-11(9-5-2-1-3-6-9)10-7-4-8-16-12(10)15(19)20-13/h1-8H,(H,17,18). The van der Waals surface area contributed by atoms with Crippen molar-refractivity contribution in [3.05, 3.63) is 64.8 Å². The molecule has 0 unspecified atom stereocenters. The van der Waals surface area contributed by atoms with E-state index in [0.717, 1.165) is 0 Å². The van der Waals surface area contributed by atoms with Crippen molar-refractivity contribution >= 4 is 16.9 Å². The number of pyridine rings is 1. The first-order chi connectivity index (χ1) is 9.68. The van der Waals surface area contributed by atoms with E-state index in [1.54, 1.807) is 36.4 Å². The van der Waals surface area contributed by atoms with Crippen LogP contribution in [0.5, 0.6) is 0 Å². The summed E-state index contributed by atoms with van der Waals surface area (Å²) in [4.78, 5) is 27.1. The van der Waals surface area contributed by atoms with Gasteiger partial charge >= 0.3 is 11.6 Å². The minimum Gasteiger partial charge on any atom is -0.475 e. The van der Waals surface area contributed by atoms with Gasteiger partial charge in [-0.3, -0.25) is 0 Å². The maximum Gasteiger partial charge on any atom is 0.372 e. The molecular weight excluding hydrogens is 258 g/mol. The van der Waals surface area contributed by atoms with Gasteiger partial charge in [0.1, 0.15) is 0 Å². The van der Waals surface area contributed by atoms with Crippen LogP contribution < -0.4 is 5.63 Å². The molecule has 0 fully saturated rings. The zero-order valence-corrected chi connectivity index (χ0v) is 10.2. The second kappa shape index (κ2) is 4.62. The Morgan fingerprint density at radius 2 is 1.85 bits per heavy atom. The molecule has 0 aliphatic heterocycles. The zero-order valence-electron chi connectivity index (χ0n) is 10.2. The predicted molar refractivity (Wildman–Crippen MR) is 72.7 cm³/mol. The molecule has 0 aliphatic carbocycles. The van der Waals surface area contributed by atoms with E-state index >= 15 is 0 Å². The molecule has 1 aromatic carbocycles. The van der Waals surface area contributed by atoms with E-state index in [0.29, 0.717) is 16.5 Å². The van der Waals surface area contributed by atoms with E-state index < -0.39 is 11.6 Å². The lowest BCUT2D eigenvalue weighted by Crippen LogP contribution is -2.10. The van der Waals surface area contributed by atoms with Crippen LogP contribution in [-0.4, -0.2) is 16.1 Å². The van der Waals surface area contributed by atoms with Gasteiger partial charge in [-0.15, -0.1) is 0 Å². The summed E-state index contributed by atoms with van der Waals surface area (Å²) in [6.07, 6.45) is 1.47. The number of fused-ring (bicyclic) bond motifs is 1. The molecule has 0 radical (unpaired) electrons. The average Bonchev–Trinajstić information content (AvgIpc) is 2.48. The first-order valence-corrected chi connectivity index (χ1v) is 5.89. The SMILES string of the molecule is O=C(O)c1oc(=O)c2ncccc2c1-c1ccccc1. The van der Waals surface area contributed by atoms with Crippen LogP contribution in [0.4, 0.5) is 0 Å². The molecular formula is C15H9NO4. The lowest BCUT2D eigenvalue weighted by Gasteiger charge is -2.08. The van der Waals surface area contributed by atoms with Crippen molar-refractivity contribution in [2.75, 3.05) is 0 Å². The Labute approximate surface area is 113 Å². The summed E-state index contributed by atoms with van der Waals surface area (Å²) in [6.45, 7) is 0. The number of benzene rings is 1. The van der Waals surface area contributed by atoms with E-state index in [1.807, 2.05) is 6.07 Å². The Morgan fingerprint density at radius 1 is 1.10 bits per heavy atom. The molecule has 0 saturated carbocycles. The Balaban J connectivity index is 2.50. The summed E-state index contributed by atoms with van der Waals surface area (Å²) in [5.74, 6) is -1.66. The summed E-state index contributed by atoms with van der Waals surface area (Å²) in [6, 6.07) is 12.2. The van der Waals surface area contributed by atoms with Crippen LogP contribution in [0.25, 0.3) is 22.0 Å². The van der Waals surface area contributed by atoms with Crippen LogP contribution in [0.3, 0.4) is 0 Å². The number of hydrogen-bond acceptors (Lipinski definition) is 4. The van der Waals surface area contributed by atoms with Gasteiger partial charge in [-0.25, -0.2) is 14.6 Å². The molecule has 20 heavy (non-hydrogen) atoms. The van der Waals surface area contributed by atoms with Crippen molar-refractivity contribution in [1.29, 1.82) is 0 Å². The maximum atomic E-state index is 11.8. The molecule has 2 aromatic heterocycles. The smallest absolute Gasteiger partial charge is 0.372 e. The molecule has 5 nitrogen and oxygen atoms in total. The first kappa shape index (κ1) is 12.1. The number of carboxylic acids is 1. The van der Waals surface area contributed by atoms with Crippen LogP contribution in [0.2, 0.25) is 0 Å². The Morgan fingerprint density at radius 3 is 2.55 bits per heavy atom. The van der Waals surface area contributed by atoms with E-state index in [2.05, 4.69) is 4.98 Å². The number of hydrogen-bond donors (Lipinski definition) is 1. The van der Waals surface area contributed by atoms with Crippen molar-refractivity contribution in [1.82, 2.24) is 4.98 Å². The fraction of sp³-hybridized carbons (Fsp3) is 0. The molecule has 3 rings (SSSR count). The highest BCUT2D eigenvalue weighted by Gasteiger charge is 2.20. The second-order valence-corrected chi connectivity index (χ2v) is 4.16. The molecule has 0 bridgehead atoms. The van der Waals surface area contributed by atoms with Gasteiger partial charge in [-0.05, 0) is 11.6 Å². The quantitative estimate of drug-likeness (QED) is 0.771. The Hall–Kier alpha value is -2.95. The number of carbonyl (C=O) groups is 1. The second-order valence-electron chi connectivity index (χ2n) is 4.16. The molecule has 98 valence electrons. The van der Waals surface area contributed by atoms with Gasteiger partial charge < -0.3 is 9.52 Å². The van der Waals surface area contributed by atoms with Crippen LogP contribution in [0.1, 0.15) is 10.6 Å². The topological polar surface area (TPSA) is 80.4 Å². The summed E-state index contributed by atoms with van der Waals surface area (Å²) < 4.78 is 4.92. The van der Waals surface area contributed by atoms with Gasteiger partial charge in [0, 0.05) is 17.1 Å². The van der Waals surface area contributed by atoms with Crippen LogP contribution in [-0.2, 0) is 0 Å². The fourth-order valence-electron chi connectivity index (χ4n) is 2.13. The summed E-state index contributed by atoms with van der Waals surface area (Å²) in [5.41, 5.74) is 0.390. The monoisotopic (exact) mass is 267 g/mol. The number of rotatable bonds is 2. The third-order valence-corrected chi connectivity index (χ3v) is 2.95. The summed E-state index contributed by atoms with van der Waals surface area (Å²) in [7, 11) is 0. The van der Waals surface area contributed by atoms with E-state index in [9.17, 15) is 14.7 Å². The van der Waals surface area contributed by atoms with Gasteiger partial charge in [0.25, 0.3) is 0 Å². The zero-order chi connectivity index (χ0) is 14.1. The third-order valence-electron chi connectivity index (χ3n) is 2.95. The minimum absolute atomic E-state index is 0.122. The third kappa shape index (κ3) is 1.85. The van der Waals surface area contributed by atoms with Gasteiger partial charge in [-0.2, -0.15) is 0 Å². The first-order valence-electron chi connectivity index (χ1n) is 5.89. The highest BCUT2D eigenvalue weighted by Crippen LogP contribution is 2.29. The van der Waals surface area contributed by atoms with Gasteiger partial charge in [0.15, 0.2) is 5.52 Å². The average molecular weight is 267 g/mol. The van der Waals surface area contributed by atoms with Crippen molar-refractivity contribution in [3.8, 4) is 11.1 Å². The van der Waals surface area contributed by atoms with Crippen molar-refractivity contribution < 1.29 is 14.3 Å². The summed E-state index contributed by atoms with van der Waals surface area (Å²) >= 11 is 0. The lowest BCUT2D eigenvalue weighted by molar-refractivity contribution is 0.0659. The lowest BCUT2D eigenvalue weighted by atomic mass is 10.0. The molecule has 3 aromatic rings. The number of carboxylic acid groups (broad SMARTS) is 1. The molecule has 0 amide bonds. The van der Waals surface area contributed by atoms with E-state index in [1.165, 1.54) is 6.20 Å². The summed E-state index contributed by atoms with van der Waals surface area (Å²) in [5, 5.41) is 9.72. The molecule has 5 heteroatoms. The molecule has 0 atom stereocenters. The Kier molecular flexibility index (Phi) is 2.80. The van der Waals surface area contributed by atoms with Crippen LogP contribution in [0.15, 0.2) is 57.9 Å². The van der Waals surface area contributed by atoms with E-state index in [-0.39, 0.29) is 11.3 Å². The highest BCUT2D eigenvalue weighted by atomic mass is 16.4.